The highest BCUT2D eigenvalue weighted by Gasteiger charge is 2.22. The lowest BCUT2D eigenvalue weighted by Gasteiger charge is -2.26. The molecule has 0 radical (unpaired) electrons. The molecule has 0 aliphatic rings. The van der Waals surface area contributed by atoms with Gasteiger partial charge in [-0.1, -0.05) is 164 Å². The molecule has 0 spiro atoms. The highest BCUT2D eigenvalue weighted by Crippen LogP contribution is 2.46. The topological polar surface area (TPSA) is 19.6 Å². The van der Waals surface area contributed by atoms with Crippen molar-refractivity contribution in [2.45, 2.75) is 0 Å². The summed E-state index contributed by atoms with van der Waals surface area (Å²) in [6.45, 7) is 0. The van der Waals surface area contributed by atoms with Crippen LogP contribution >= 0.6 is 0 Å². The zero-order valence-electron chi connectivity index (χ0n) is 33.2. The van der Waals surface area contributed by atoms with Crippen LogP contribution in [0.4, 0.5) is 34.1 Å². The minimum atomic E-state index is 0.861. The molecule has 1 aromatic heterocycles. The van der Waals surface area contributed by atoms with Crippen LogP contribution in [-0.4, -0.2) is 0 Å². The fourth-order valence-electron chi connectivity index (χ4n) is 9.41. The van der Waals surface area contributed by atoms with E-state index in [1.54, 1.807) is 0 Å². The standard InChI is InChI=1S/C58H38N2O/c1-5-15-39(16-6-1)50-23-13-24-52-53-25-14-26-54(58(53)61-57(50)52)60(46-21-11-4-12-22-46)47-33-29-40(30-34-47)49-35-31-41-27-28-42-37-48(38-43-32-36-51(49)56(41)55(42)43)59(44-17-7-2-8-18-44)45-19-9-3-10-20-45/h1-38H. The molecule has 0 N–H and O–H groups in total. The van der Waals surface area contributed by atoms with Gasteiger partial charge >= 0.3 is 0 Å². The smallest absolute Gasteiger partial charge is 0.159 e. The highest BCUT2D eigenvalue weighted by molar-refractivity contribution is 6.26. The largest absolute Gasteiger partial charge is 0.453 e. The molecule has 61 heavy (non-hydrogen) atoms. The highest BCUT2D eigenvalue weighted by atomic mass is 16.3. The van der Waals surface area contributed by atoms with Crippen LogP contribution < -0.4 is 9.80 Å². The third-order valence-electron chi connectivity index (χ3n) is 12.2. The van der Waals surface area contributed by atoms with Crippen LogP contribution in [-0.2, 0) is 0 Å². The summed E-state index contributed by atoms with van der Waals surface area (Å²) in [5, 5.41) is 9.74. The van der Waals surface area contributed by atoms with E-state index in [9.17, 15) is 0 Å². The van der Waals surface area contributed by atoms with Crippen molar-refractivity contribution in [2.75, 3.05) is 9.80 Å². The van der Waals surface area contributed by atoms with E-state index >= 15 is 0 Å². The summed E-state index contributed by atoms with van der Waals surface area (Å²) in [7, 11) is 0. The van der Waals surface area contributed by atoms with E-state index in [-0.39, 0.29) is 0 Å². The van der Waals surface area contributed by atoms with Gasteiger partial charge in [0.25, 0.3) is 0 Å². The van der Waals surface area contributed by atoms with Crippen LogP contribution in [0.3, 0.4) is 0 Å². The molecule has 11 aromatic carbocycles. The van der Waals surface area contributed by atoms with Gasteiger partial charge in [-0.15, -0.1) is 0 Å². The Morgan fingerprint density at radius 1 is 0.279 bits per heavy atom. The molecule has 0 fully saturated rings. The van der Waals surface area contributed by atoms with Gasteiger partial charge in [0.1, 0.15) is 5.58 Å². The first kappa shape index (κ1) is 34.9. The SMILES string of the molecule is c1ccc(-c2cccc3c2oc2c(N(c4ccccc4)c4ccc(-c5ccc6ccc7cc(N(c8ccccc8)c8ccccc8)cc8ccc5c6c78)cc4)cccc23)cc1. The van der Waals surface area contributed by atoms with Crippen molar-refractivity contribution >= 4 is 88.4 Å². The normalized spacial score (nSPS) is 11.6. The molecule has 3 nitrogen and oxygen atoms in total. The monoisotopic (exact) mass is 778 g/mol. The van der Waals surface area contributed by atoms with E-state index in [2.05, 4.69) is 240 Å². The molecule has 12 aromatic rings. The van der Waals surface area contributed by atoms with Gasteiger partial charge in [-0.2, -0.15) is 0 Å². The second-order valence-corrected chi connectivity index (χ2v) is 15.7. The number of hydrogen-bond acceptors (Lipinski definition) is 3. The molecule has 0 amide bonds. The molecular weight excluding hydrogens is 741 g/mol. The Bertz CT molecular complexity index is 3450. The summed E-state index contributed by atoms with van der Waals surface area (Å²) < 4.78 is 6.91. The Labute approximate surface area is 353 Å². The van der Waals surface area contributed by atoms with E-state index in [1.165, 1.54) is 43.4 Å². The van der Waals surface area contributed by atoms with Crippen LogP contribution in [0.15, 0.2) is 235 Å². The van der Waals surface area contributed by atoms with Gasteiger partial charge in [-0.05, 0) is 116 Å². The zero-order valence-corrected chi connectivity index (χ0v) is 33.2. The number of para-hydroxylation sites is 5. The number of benzene rings is 11. The molecule has 0 bridgehead atoms. The Morgan fingerprint density at radius 2 is 0.787 bits per heavy atom. The fourth-order valence-corrected chi connectivity index (χ4v) is 9.41. The molecule has 0 unspecified atom stereocenters. The molecule has 0 atom stereocenters. The Balaban J connectivity index is 0.970. The first-order valence-corrected chi connectivity index (χ1v) is 20.8. The number of hydrogen-bond donors (Lipinski definition) is 0. The average molecular weight is 779 g/mol. The molecular formula is C58H38N2O. The molecule has 0 aliphatic carbocycles. The molecule has 12 rings (SSSR count). The minimum absolute atomic E-state index is 0.861. The third kappa shape index (κ3) is 5.82. The van der Waals surface area contributed by atoms with Gasteiger partial charge in [0.15, 0.2) is 5.58 Å². The number of furan rings is 1. The van der Waals surface area contributed by atoms with Gasteiger partial charge in [0.2, 0.25) is 0 Å². The second kappa shape index (κ2) is 14.3. The summed E-state index contributed by atoms with van der Waals surface area (Å²) in [4.78, 5) is 4.66. The summed E-state index contributed by atoms with van der Waals surface area (Å²) in [5.41, 5.74) is 12.9. The van der Waals surface area contributed by atoms with E-state index in [1.807, 2.05) is 0 Å². The van der Waals surface area contributed by atoms with Crippen molar-refractivity contribution < 1.29 is 4.42 Å². The van der Waals surface area contributed by atoms with Crippen LogP contribution in [0.1, 0.15) is 0 Å². The number of nitrogens with zero attached hydrogens (tertiary/aromatic N) is 2. The summed E-state index contributed by atoms with van der Waals surface area (Å²) in [5.74, 6) is 0. The predicted molar refractivity (Wildman–Crippen MR) is 258 cm³/mol. The van der Waals surface area contributed by atoms with Crippen molar-refractivity contribution in [3.8, 4) is 22.3 Å². The Morgan fingerprint density at radius 3 is 1.44 bits per heavy atom. The van der Waals surface area contributed by atoms with Gasteiger partial charge in [0, 0.05) is 44.8 Å². The molecule has 286 valence electrons. The van der Waals surface area contributed by atoms with E-state index < -0.39 is 0 Å². The Hall–Kier alpha value is -8.14. The van der Waals surface area contributed by atoms with Crippen molar-refractivity contribution in [3.05, 3.63) is 231 Å². The lowest BCUT2D eigenvalue weighted by atomic mass is 9.89. The summed E-state index contributed by atoms with van der Waals surface area (Å²) in [6.07, 6.45) is 0. The number of fused-ring (bicyclic) bond motifs is 3. The van der Waals surface area contributed by atoms with Crippen molar-refractivity contribution in [2.24, 2.45) is 0 Å². The van der Waals surface area contributed by atoms with Gasteiger partial charge in [0.05, 0.1) is 5.69 Å². The maximum absolute atomic E-state index is 6.91. The number of anilines is 6. The summed E-state index contributed by atoms with van der Waals surface area (Å²) in [6, 6.07) is 82.7. The minimum Gasteiger partial charge on any atom is -0.453 e. The van der Waals surface area contributed by atoms with Crippen molar-refractivity contribution in [1.82, 2.24) is 0 Å². The molecule has 0 aliphatic heterocycles. The zero-order chi connectivity index (χ0) is 40.3. The maximum atomic E-state index is 6.91. The van der Waals surface area contributed by atoms with E-state index in [4.69, 9.17) is 4.42 Å². The van der Waals surface area contributed by atoms with Crippen molar-refractivity contribution in [1.29, 1.82) is 0 Å². The first-order chi connectivity index (χ1) is 30.3. The van der Waals surface area contributed by atoms with Gasteiger partial charge in [-0.3, -0.25) is 0 Å². The van der Waals surface area contributed by atoms with E-state index in [0.29, 0.717) is 0 Å². The molecule has 3 heteroatoms. The van der Waals surface area contributed by atoms with Crippen LogP contribution in [0.5, 0.6) is 0 Å². The maximum Gasteiger partial charge on any atom is 0.159 e. The number of rotatable bonds is 8. The molecule has 1 heterocycles. The molecule has 0 saturated carbocycles. The average Bonchev–Trinajstić information content (AvgIpc) is 3.72. The lowest BCUT2D eigenvalue weighted by molar-refractivity contribution is 0.670. The van der Waals surface area contributed by atoms with Crippen molar-refractivity contribution in [3.63, 3.8) is 0 Å². The van der Waals surface area contributed by atoms with E-state index in [0.717, 1.165) is 67.2 Å². The first-order valence-electron chi connectivity index (χ1n) is 20.8. The lowest BCUT2D eigenvalue weighted by Crippen LogP contribution is -2.10. The third-order valence-corrected chi connectivity index (χ3v) is 12.2. The fraction of sp³-hybridized carbons (Fsp3) is 0. The Kier molecular flexibility index (Phi) is 8.17. The predicted octanol–water partition coefficient (Wildman–Crippen LogP) is 16.8. The van der Waals surface area contributed by atoms with Crippen LogP contribution in [0, 0.1) is 0 Å². The van der Waals surface area contributed by atoms with Gasteiger partial charge in [-0.25, -0.2) is 0 Å². The van der Waals surface area contributed by atoms with Crippen LogP contribution in [0.2, 0.25) is 0 Å². The molecule has 0 saturated heterocycles. The summed E-state index contributed by atoms with van der Waals surface area (Å²) >= 11 is 0. The quantitative estimate of drug-likeness (QED) is 0.143. The second-order valence-electron chi connectivity index (χ2n) is 15.7. The van der Waals surface area contributed by atoms with Gasteiger partial charge < -0.3 is 14.2 Å². The van der Waals surface area contributed by atoms with Crippen LogP contribution in [0.25, 0.3) is 76.5 Å².